The number of thiophene rings is 1. The third-order valence-corrected chi connectivity index (χ3v) is 9.28. The van der Waals surface area contributed by atoms with Gasteiger partial charge in [-0.05, 0) is 41.7 Å². The number of carbonyl (C=O) groups is 2. The molecule has 0 radical (unpaired) electrons. The van der Waals surface area contributed by atoms with Crippen LogP contribution >= 0.6 is 36.2 Å². The molecule has 3 atom stereocenters. The van der Waals surface area contributed by atoms with Crippen LogP contribution in [0.2, 0.25) is 0 Å². The average Bonchev–Trinajstić information content (AvgIpc) is 3.10. The van der Waals surface area contributed by atoms with Crippen LogP contribution in [0.25, 0.3) is 21.5 Å². The largest absolute Gasteiger partial charge is 0.394 e. The van der Waals surface area contributed by atoms with Crippen molar-refractivity contribution in [3.05, 3.63) is 46.1 Å². The second-order valence-corrected chi connectivity index (χ2v) is 12.4. The smallest absolute Gasteiger partial charge is 0.375 e. The van der Waals surface area contributed by atoms with Crippen molar-refractivity contribution in [2.24, 2.45) is 17.3 Å². The van der Waals surface area contributed by atoms with Crippen LogP contribution in [0.4, 0.5) is 13.2 Å². The van der Waals surface area contributed by atoms with Crippen LogP contribution in [0.3, 0.4) is 0 Å². The van der Waals surface area contributed by atoms with Gasteiger partial charge in [-0.25, -0.2) is 0 Å². The van der Waals surface area contributed by atoms with Crippen molar-refractivity contribution in [3.8, 4) is 11.3 Å². The van der Waals surface area contributed by atoms with E-state index in [9.17, 15) is 22.8 Å². The lowest BCUT2D eigenvalue weighted by Crippen LogP contribution is -2.39. The number of aromatic nitrogens is 2. The molecular formula is C28H31Cl2F3N4O3S. The Morgan fingerprint density at radius 2 is 1.88 bits per heavy atom. The molecule has 2 aliphatic heterocycles. The van der Waals surface area contributed by atoms with E-state index in [0.717, 1.165) is 27.2 Å². The van der Waals surface area contributed by atoms with Crippen molar-refractivity contribution in [2.75, 3.05) is 19.7 Å². The van der Waals surface area contributed by atoms with E-state index >= 15 is 0 Å². The molecule has 2 unspecified atom stereocenters. The molecule has 1 saturated carbocycles. The number of imide groups is 1. The SMILES string of the molecule is Cc1cc(CC(F)(F)F)nc(-c2ccnc3cc(CN4C(=O)C5C(C4=O)C5(C)C)sc23)c1C[C@@H]1CNCCO1.Cl.Cl. The number of hydrogen-bond acceptors (Lipinski definition) is 7. The fourth-order valence-corrected chi connectivity index (χ4v) is 7.21. The van der Waals surface area contributed by atoms with Crippen LogP contribution in [0.15, 0.2) is 24.4 Å². The average molecular weight is 632 g/mol. The summed E-state index contributed by atoms with van der Waals surface area (Å²) in [6, 6.07) is 5.13. The molecule has 3 aliphatic rings. The van der Waals surface area contributed by atoms with Crippen LogP contribution in [0.5, 0.6) is 0 Å². The monoisotopic (exact) mass is 630 g/mol. The molecule has 0 aromatic carbocycles. The maximum absolute atomic E-state index is 13.3. The van der Waals surface area contributed by atoms with Crippen LogP contribution in [-0.4, -0.2) is 58.7 Å². The van der Waals surface area contributed by atoms with Gasteiger partial charge in [0.05, 0.1) is 59.1 Å². The summed E-state index contributed by atoms with van der Waals surface area (Å²) in [4.78, 5) is 36.9. The summed E-state index contributed by atoms with van der Waals surface area (Å²) in [5, 5.41) is 3.30. The number of halogens is 5. The van der Waals surface area contributed by atoms with Gasteiger partial charge in [0.2, 0.25) is 11.8 Å². The zero-order valence-electron chi connectivity index (χ0n) is 22.7. The summed E-state index contributed by atoms with van der Waals surface area (Å²) in [7, 11) is 0. The first-order valence-corrected chi connectivity index (χ1v) is 13.9. The zero-order valence-corrected chi connectivity index (χ0v) is 25.2. The van der Waals surface area contributed by atoms with Crippen LogP contribution in [0.1, 0.15) is 35.5 Å². The Bertz CT molecular complexity index is 1470. The number of alkyl halides is 3. The minimum atomic E-state index is -4.39. The number of amides is 2. The number of likely N-dealkylation sites (tertiary alicyclic amines) is 1. The van der Waals surface area contributed by atoms with Crippen molar-refractivity contribution < 1.29 is 27.5 Å². The molecule has 41 heavy (non-hydrogen) atoms. The van der Waals surface area contributed by atoms with Gasteiger partial charge in [0.1, 0.15) is 0 Å². The summed E-state index contributed by atoms with van der Waals surface area (Å²) in [6.45, 7) is 7.84. The summed E-state index contributed by atoms with van der Waals surface area (Å²) >= 11 is 1.39. The molecule has 3 aromatic rings. The molecule has 3 aromatic heterocycles. The van der Waals surface area contributed by atoms with Crippen molar-refractivity contribution >= 4 is 58.2 Å². The minimum Gasteiger partial charge on any atom is -0.375 e. The first-order valence-electron chi connectivity index (χ1n) is 13.1. The van der Waals surface area contributed by atoms with E-state index in [4.69, 9.17) is 4.74 Å². The van der Waals surface area contributed by atoms with E-state index in [2.05, 4.69) is 15.3 Å². The highest BCUT2D eigenvalue weighted by atomic mass is 35.5. The predicted molar refractivity (Wildman–Crippen MR) is 154 cm³/mol. The first kappa shape index (κ1) is 31.6. The molecule has 5 heterocycles. The van der Waals surface area contributed by atoms with E-state index in [1.54, 1.807) is 12.3 Å². The van der Waals surface area contributed by atoms with E-state index in [-0.39, 0.29) is 72.2 Å². The van der Waals surface area contributed by atoms with Crippen molar-refractivity contribution in [1.82, 2.24) is 20.2 Å². The summed E-state index contributed by atoms with van der Waals surface area (Å²) in [5.41, 5.74) is 3.07. The topological polar surface area (TPSA) is 84.4 Å². The molecule has 13 heteroatoms. The Balaban J connectivity index is 0.00000194. The molecular weight excluding hydrogens is 600 g/mol. The molecule has 222 valence electrons. The normalized spacial score (nSPS) is 23.3. The Morgan fingerprint density at radius 1 is 1.17 bits per heavy atom. The van der Waals surface area contributed by atoms with Gasteiger partial charge in [-0.3, -0.25) is 24.5 Å². The van der Waals surface area contributed by atoms with Crippen molar-refractivity contribution in [1.29, 1.82) is 0 Å². The quantitative estimate of drug-likeness (QED) is 0.373. The molecule has 0 spiro atoms. The Kier molecular flexibility index (Phi) is 8.80. The molecule has 6 rings (SSSR count). The number of nitrogens with zero attached hydrogens (tertiary/aromatic N) is 3. The van der Waals surface area contributed by atoms with Gasteiger partial charge in [-0.2, -0.15) is 13.2 Å². The maximum atomic E-state index is 13.3. The van der Waals surface area contributed by atoms with Gasteiger partial charge in [0, 0.05) is 36.1 Å². The van der Waals surface area contributed by atoms with Crippen LogP contribution < -0.4 is 5.32 Å². The fourth-order valence-electron chi connectivity index (χ4n) is 6.09. The van der Waals surface area contributed by atoms with Gasteiger partial charge in [-0.15, -0.1) is 36.2 Å². The van der Waals surface area contributed by atoms with Gasteiger partial charge in [0.15, 0.2) is 0 Å². The second kappa shape index (κ2) is 11.4. The number of rotatable bonds is 6. The Labute approximate surface area is 252 Å². The van der Waals surface area contributed by atoms with Crippen molar-refractivity contribution in [2.45, 2.75) is 52.4 Å². The van der Waals surface area contributed by atoms with Gasteiger partial charge in [0.25, 0.3) is 0 Å². The van der Waals surface area contributed by atoms with Crippen LogP contribution in [0, 0.1) is 24.2 Å². The zero-order chi connectivity index (χ0) is 27.7. The number of fused-ring (bicyclic) bond motifs is 2. The van der Waals surface area contributed by atoms with E-state index in [1.807, 2.05) is 26.8 Å². The highest BCUT2D eigenvalue weighted by Crippen LogP contribution is 2.63. The predicted octanol–water partition coefficient (Wildman–Crippen LogP) is 5.29. The van der Waals surface area contributed by atoms with E-state index in [0.29, 0.717) is 36.3 Å². The highest BCUT2D eigenvalue weighted by molar-refractivity contribution is 7.19. The van der Waals surface area contributed by atoms with Crippen molar-refractivity contribution in [3.63, 3.8) is 0 Å². The number of ether oxygens (including phenoxy) is 1. The summed E-state index contributed by atoms with van der Waals surface area (Å²) < 4.78 is 46.7. The number of aryl methyl sites for hydroxylation is 1. The number of nitrogens with one attached hydrogen (secondary N) is 1. The lowest BCUT2D eigenvalue weighted by molar-refractivity contribution is -0.143. The third kappa shape index (κ3) is 5.84. The number of piperidine rings is 1. The minimum absolute atomic E-state index is 0. The summed E-state index contributed by atoms with van der Waals surface area (Å²) in [5.74, 6) is -0.784. The summed E-state index contributed by atoms with van der Waals surface area (Å²) in [6.07, 6.45) is -3.50. The fraction of sp³-hybridized carbons (Fsp3) is 0.500. The van der Waals surface area contributed by atoms with Crippen LogP contribution in [-0.2, 0) is 33.7 Å². The molecule has 7 nitrogen and oxygen atoms in total. The molecule has 1 N–H and O–H groups in total. The molecule has 0 bridgehead atoms. The van der Waals surface area contributed by atoms with E-state index in [1.165, 1.54) is 22.3 Å². The molecule has 3 fully saturated rings. The molecule has 2 saturated heterocycles. The Hall–Kier alpha value is -2.31. The second-order valence-electron chi connectivity index (χ2n) is 11.3. The number of hydrogen-bond donors (Lipinski definition) is 1. The van der Waals surface area contributed by atoms with Gasteiger partial charge < -0.3 is 10.1 Å². The molecule has 1 aliphatic carbocycles. The molecule has 2 amide bonds. The van der Waals surface area contributed by atoms with E-state index < -0.39 is 12.6 Å². The standard InChI is InChI=1S/C28H29F3N4O3S.2ClH/c1-14-8-15(11-28(29,30)31)34-23(19(14)9-16-12-32-6-7-38-16)18-4-5-33-20-10-17(39-24(18)20)13-35-25(36)21-22(26(35)37)27(21,2)3;;/h4-5,8,10,16,21-22,32H,6-7,9,11-13H2,1-3H3;2*1H/t16-,21?,22?;;/m1../s1. The van der Waals surface area contributed by atoms with Gasteiger partial charge >= 0.3 is 6.18 Å². The maximum Gasteiger partial charge on any atom is 0.394 e. The number of morpholine rings is 1. The first-order chi connectivity index (χ1) is 18.4. The lowest BCUT2D eigenvalue weighted by Gasteiger charge is -2.25. The lowest BCUT2D eigenvalue weighted by atomic mass is 9.95. The Morgan fingerprint density at radius 3 is 2.51 bits per heavy atom. The van der Waals surface area contributed by atoms with Gasteiger partial charge in [-0.1, -0.05) is 13.8 Å². The third-order valence-electron chi connectivity index (χ3n) is 8.14. The number of carbonyl (C=O) groups excluding carboxylic acids is 2. The number of pyridine rings is 2. The highest BCUT2D eigenvalue weighted by Gasteiger charge is 2.72.